The fraction of sp³-hybridized carbons (Fsp3) is 0.789. The van der Waals surface area contributed by atoms with Crippen LogP contribution in [0.2, 0.25) is 0 Å². The zero-order valence-electron chi connectivity index (χ0n) is 17.3. The predicted molar refractivity (Wildman–Crippen MR) is 103 cm³/mol. The van der Waals surface area contributed by atoms with Crippen LogP contribution in [0.3, 0.4) is 0 Å². The molecule has 2 rings (SSSR count). The van der Waals surface area contributed by atoms with Crippen molar-refractivity contribution in [2.24, 2.45) is 17.5 Å². The van der Waals surface area contributed by atoms with Crippen molar-refractivity contribution in [3.05, 3.63) is 17.0 Å². The van der Waals surface area contributed by atoms with Gasteiger partial charge in [-0.2, -0.15) is 5.10 Å². The molecule has 0 amide bonds. The minimum atomic E-state index is -0.0843. The highest BCUT2D eigenvalue weighted by Crippen LogP contribution is 2.51. The van der Waals surface area contributed by atoms with Crippen LogP contribution in [0.1, 0.15) is 51.1 Å². The molecule has 0 bridgehead atoms. The second-order valence-corrected chi connectivity index (χ2v) is 8.15. The van der Waals surface area contributed by atoms with Crippen LogP contribution in [-0.4, -0.2) is 47.6 Å². The number of nitrogens with zero attached hydrogens (tertiary/aromatic N) is 3. The van der Waals surface area contributed by atoms with Crippen molar-refractivity contribution in [1.82, 2.24) is 20.4 Å². The zero-order chi connectivity index (χ0) is 19.0. The Morgan fingerprint density at radius 2 is 2.04 bits per heavy atom. The van der Waals surface area contributed by atoms with Gasteiger partial charge in [-0.15, -0.1) is 0 Å². The van der Waals surface area contributed by atoms with E-state index in [-0.39, 0.29) is 17.1 Å². The number of hydrogen-bond donors (Lipinski definition) is 2. The molecule has 3 unspecified atom stereocenters. The van der Waals surface area contributed by atoms with Crippen LogP contribution in [0.5, 0.6) is 0 Å². The molecule has 1 fully saturated rings. The Morgan fingerprint density at radius 1 is 1.40 bits per heavy atom. The zero-order valence-corrected chi connectivity index (χ0v) is 17.3. The third-order valence-corrected chi connectivity index (χ3v) is 6.37. The summed E-state index contributed by atoms with van der Waals surface area (Å²) in [6.45, 7) is 13.1. The third kappa shape index (κ3) is 3.54. The standard InChI is InChI=1S/C19H35N5O/c1-12(10-15-13(2)23-24(8)14(15)3)21-17(20-7)22-16-11-19(6,25-9)18(16,4)5/h12,16H,10-11H2,1-9H3,(H2,20,21,22). The molecule has 1 saturated carbocycles. The number of nitrogens with one attached hydrogen (secondary N) is 2. The van der Waals surface area contributed by atoms with Gasteiger partial charge in [0.25, 0.3) is 0 Å². The molecule has 6 nitrogen and oxygen atoms in total. The first-order chi connectivity index (χ1) is 11.6. The van der Waals surface area contributed by atoms with Gasteiger partial charge in [-0.3, -0.25) is 9.67 Å². The predicted octanol–water partition coefficient (Wildman–Crippen LogP) is 2.34. The fourth-order valence-corrected chi connectivity index (χ4v) is 3.76. The van der Waals surface area contributed by atoms with Crippen LogP contribution in [0.25, 0.3) is 0 Å². The molecule has 1 aromatic heterocycles. The lowest BCUT2D eigenvalue weighted by molar-refractivity contribution is -0.176. The SMILES string of the molecule is CN=C(NC(C)Cc1c(C)nn(C)c1C)NC1CC(C)(OC)C1(C)C. The summed E-state index contributed by atoms with van der Waals surface area (Å²) in [5, 5.41) is 11.6. The molecule has 0 aromatic carbocycles. The van der Waals surface area contributed by atoms with E-state index < -0.39 is 0 Å². The van der Waals surface area contributed by atoms with Crippen LogP contribution < -0.4 is 10.6 Å². The van der Waals surface area contributed by atoms with Crippen molar-refractivity contribution in [3.63, 3.8) is 0 Å². The minimum Gasteiger partial charge on any atom is -0.378 e. The number of aliphatic imine (C=N–C) groups is 1. The first kappa shape index (κ1) is 19.8. The van der Waals surface area contributed by atoms with Gasteiger partial charge in [-0.25, -0.2) is 0 Å². The summed E-state index contributed by atoms with van der Waals surface area (Å²) in [5.74, 6) is 0.850. The van der Waals surface area contributed by atoms with Crippen molar-refractivity contribution in [1.29, 1.82) is 0 Å². The van der Waals surface area contributed by atoms with Gasteiger partial charge in [0, 0.05) is 44.4 Å². The molecule has 1 aliphatic carbocycles. The van der Waals surface area contributed by atoms with Gasteiger partial charge in [0.05, 0.1) is 11.3 Å². The highest BCUT2D eigenvalue weighted by Gasteiger charge is 2.58. The lowest BCUT2D eigenvalue weighted by Crippen LogP contribution is -2.69. The van der Waals surface area contributed by atoms with E-state index in [1.807, 2.05) is 18.8 Å². The van der Waals surface area contributed by atoms with E-state index in [0.717, 1.165) is 24.5 Å². The number of rotatable bonds is 5. The molecule has 0 radical (unpaired) electrons. The topological polar surface area (TPSA) is 63.5 Å². The van der Waals surface area contributed by atoms with Crippen LogP contribution in [0.4, 0.5) is 0 Å². The average molecular weight is 350 g/mol. The minimum absolute atomic E-state index is 0.0547. The van der Waals surface area contributed by atoms with Crippen molar-refractivity contribution >= 4 is 5.96 Å². The van der Waals surface area contributed by atoms with Gasteiger partial charge in [-0.05, 0) is 46.1 Å². The maximum Gasteiger partial charge on any atom is 0.191 e. The molecular formula is C19H35N5O. The van der Waals surface area contributed by atoms with Gasteiger partial charge in [0.2, 0.25) is 0 Å². The molecule has 2 N–H and O–H groups in total. The summed E-state index contributed by atoms with van der Waals surface area (Å²) in [5.41, 5.74) is 3.62. The lowest BCUT2D eigenvalue weighted by Gasteiger charge is -2.59. The maximum absolute atomic E-state index is 5.71. The van der Waals surface area contributed by atoms with Gasteiger partial charge in [-0.1, -0.05) is 13.8 Å². The Labute approximate surface area is 152 Å². The second-order valence-electron chi connectivity index (χ2n) is 8.15. The highest BCUT2D eigenvalue weighted by atomic mass is 16.5. The van der Waals surface area contributed by atoms with Crippen LogP contribution in [0, 0.1) is 19.3 Å². The number of aryl methyl sites for hydroxylation is 2. The Kier molecular flexibility index (Phi) is 5.52. The molecule has 1 heterocycles. The van der Waals surface area contributed by atoms with Crippen molar-refractivity contribution in [3.8, 4) is 0 Å². The van der Waals surface area contributed by atoms with E-state index >= 15 is 0 Å². The smallest absolute Gasteiger partial charge is 0.191 e. The van der Waals surface area contributed by atoms with E-state index in [0.29, 0.717) is 6.04 Å². The van der Waals surface area contributed by atoms with Crippen molar-refractivity contribution in [2.75, 3.05) is 14.2 Å². The van der Waals surface area contributed by atoms with Crippen LogP contribution >= 0.6 is 0 Å². The second kappa shape index (κ2) is 6.98. The van der Waals surface area contributed by atoms with E-state index in [1.165, 1.54) is 11.3 Å². The Balaban J connectivity index is 1.97. The molecule has 0 saturated heterocycles. The number of guanidine groups is 1. The first-order valence-corrected chi connectivity index (χ1v) is 9.09. The Morgan fingerprint density at radius 3 is 2.48 bits per heavy atom. The van der Waals surface area contributed by atoms with E-state index in [9.17, 15) is 0 Å². The summed E-state index contributed by atoms with van der Waals surface area (Å²) in [7, 11) is 5.62. The number of hydrogen-bond acceptors (Lipinski definition) is 3. The summed E-state index contributed by atoms with van der Waals surface area (Å²) >= 11 is 0. The summed E-state index contributed by atoms with van der Waals surface area (Å²) in [6, 6.07) is 0.613. The van der Waals surface area contributed by atoms with Crippen LogP contribution in [0.15, 0.2) is 4.99 Å². The van der Waals surface area contributed by atoms with Crippen LogP contribution in [-0.2, 0) is 18.2 Å². The summed E-state index contributed by atoms with van der Waals surface area (Å²) in [4.78, 5) is 4.41. The molecule has 1 aliphatic rings. The number of methoxy groups -OCH3 is 1. The molecular weight excluding hydrogens is 314 g/mol. The van der Waals surface area contributed by atoms with E-state index in [2.05, 4.69) is 62.3 Å². The number of ether oxygens (including phenoxy) is 1. The van der Waals surface area contributed by atoms with Crippen molar-refractivity contribution < 1.29 is 4.74 Å². The van der Waals surface area contributed by atoms with E-state index in [1.54, 1.807) is 7.11 Å². The van der Waals surface area contributed by atoms with Gasteiger partial charge in [0.15, 0.2) is 5.96 Å². The molecule has 25 heavy (non-hydrogen) atoms. The third-order valence-electron chi connectivity index (χ3n) is 6.37. The van der Waals surface area contributed by atoms with Gasteiger partial charge < -0.3 is 15.4 Å². The van der Waals surface area contributed by atoms with Crippen molar-refractivity contribution in [2.45, 2.75) is 72.1 Å². The maximum atomic E-state index is 5.71. The molecule has 0 spiro atoms. The quantitative estimate of drug-likeness (QED) is 0.633. The average Bonchev–Trinajstić information content (AvgIpc) is 2.79. The van der Waals surface area contributed by atoms with Gasteiger partial charge >= 0.3 is 0 Å². The molecule has 142 valence electrons. The summed E-state index contributed by atoms with van der Waals surface area (Å²) in [6.07, 6.45) is 1.91. The lowest BCUT2D eigenvalue weighted by atomic mass is 9.56. The van der Waals surface area contributed by atoms with E-state index in [4.69, 9.17) is 4.74 Å². The molecule has 3 atom stereocenters. The summed E-state index contributed by atoms with van der Waals surface area (Å²) < 4.78 is 7.66. The number of aromatic nitrogens is 2. The Bertz CT molecular complexity index is 648. The molecule has 1 aromatic rings. The molecule has 0 aliphatic heterocycles. The Hall–Kier alpha value is -1.56. The first-order valence-electron chi connectivity index (χ1n) is 9.09. The van der Waals surface area contributed by atoms with Gasteiger partial charge in [0.1, 0.15) is 0 Å². The normalized spacial score (nSPS) is 26.9. The largest absolute Gasteiger partial charge is 0.378 e. The monoisotopic (exact) mass is 349 g/mol. The fourth-order valence-electron chi connectivity index (χ4n) is 3.76. The molecule has 6 heteroatoms. The highest BCUT2D eigenvalue weighted by molar-refractivity contribution is 5.80.